The van der Waals surface area contributed by atoms with Gasteiger partial charge in [0.2, 0.25) is 0 Å². The first-order valence-corrected chi connectivity index (χ1v) is 7.12. The fraction of sp³-hybridized carbons (Fsp3) is 0.438. The zero-order valence-corrected chi connectivity index (χ0v) is 12.0. The minimum Gasteiger partial charge on any atom is -0.481 e. The summed E-state index contributed by atoms with van der Waals surface area (Å²) in [6.45, 7) is 5.28. The second-order valence-electron chi connectivity index (χ2n) is 5.60. The molecule has 4 heteroatoms. The van der Waals surface area contributed by atoms with Crippen LogP contribution in [0, 0.1) is 0 Å². The van der Waals surface area contributed by atoms with Gasteiger partial charge in [0.15, 0.2) is 0 Å². The molecule has 0 radical (unpaired) electrons. The van der Waals surface area contributed by atoms with Crippen LogP contribution in [0.4, 0.5) is 0 Å². The van der Waals surface area contributed by atoms with Crippen LogP contribution in [-0.2, 0) is 31.4 Å². The maximum atomic E-state index is 10.8. The molecular formula is C16H20N2O2. The molecule has 3 rings (SSSR count). The Hall–Kier alpha value is -1.81. The van der Waals surface area contributed by atoms with Crippen LogP contribution < -0.4 is 0 Å². The van der Waals surface area contributed by atoms with E-state index in [0.29, 0.717) is 6.42 Å². The number of fused-ring (bicyclic) bond motifs is 2. The van der Waals surface area contributed by atoms with Crippen LogP contribution >= 0.6 is 0 Å². The molecule has 0 bridgehead atoms. The maximum Gasteiger partial charge on any atom is 0.303 e. The van der Waals surface area contributed by atoms with Gasteiger partial charge in [-0.2, -0.15) is 0 Å². The fourth-order valence-corrected chi connectivity index (χ4v) is 3.09. The Kier molecular flexibility index (Phi) is 3.26. The molecule has 0 spiro atoms. The highest BCUT2D eigenvalue weighted by atomic mass is 16.4. The smallest absolute Gasteiger partial charge is 0.303 e. The van der Waals surface area contributed by atoms with Crippen LogP contribution in [0.15, 0.2) is 18.3 Å². The van der Waals surface area contributed by atoms with Crippen molar-refractivity contribution in [3.63, 3.8) is 0 Å². The largest absolute Gasteiger partial charge is 0.481 e. The Morgan fingerprint density at radius 2 is 2.00 bits per heavy atom. The third-order valence-corrected chi connectivity index (χ3v) is 4.24. The van der Waals surface area contributed by atoms with Crippen LogP contribution in [0.1, 0.15) is 30.0 Å². The van der Waals surface area contributed by atoms with Crippen LogP contribution in [0.3, 0.4) is 0 Å². The van der Waals surface area contributed by atoms with E-state index in [2.05, 4.69) is 34.7 Å². The Balaban J connectivity index is 2.01. The van der Waals surface area contributed by atoms with E-state index in [1.165, 1.54) is 22.0 Å². The van der Waals surface area contributed by atoms with Gasteiger partial charge in [0.1, 0.15) is 0 Å². The lowest BCUT2D eigenvalue weighted by molar-refractivity contribution is -0.136. The Labute approximate surface area is 118 Å². The lowest BCUT2D eigenvalue weighted by Gasteiger charge is -2.09. The minimum atomic E-state index is -0.736. The van der Waals surface area contributed by atoms with E-state index in [1.807, 2.05) is 7.05 Å². The number of rotatable bonds is 4. The molecule has 106 valence electrons. The van der Waals surface area contributed by atoms with E-state index < -0.39 is 5.97 Å². The molecule has 0 unspecified atom stereocenters. The lowest BCUT2D eigenvalue weighted by Crippen LogP contribution is -2.14. The van der Waals surface area contributed by atoms with Gasteiger partial charge >= 0.3 is 5.97 Å². The number of nitrogens with zero attached hydrogens (tertiary/aromatic N) is 2. The van der Waals surface area contributed by atoms with E-state index in [9.17, 15) is 4.79 Å². The standard InChI is InChI=1S/C16H20N2O2/c1-3-18-9-12-6-14-11(4-5-16(19)20)8-17(2)15(14)7-13(12)10-18/h6-8H,3-5,9-10H2,1-2H3,(H,19,20). The normalized spacial score (nSPS) is 14.9. The predicted octanol–water partition coefficient (Wildman–Crippen LogP) is 2.53. The number of hydrogen-bond acceptors (Lipinski definition) is 2. The summed E-state index contributed by atoms with van der Waals surface area (Å²) in [4.78, 5) is 13.2. The monoisotopic (exact) mass is 272 g/mol. The molecule has 1 aromatic heterocycles. The molecule has 0 saturated carbocycles. The molecule has 1 aliphatic rings. The number of hydrogen-bond donors (Lipinski definition) is 1. The fourth-order valence-electron chi connectivity index (χ4n) is 3.09. The van der Waals surface area contributed by atoms with Crippen molar-refractivity contribution >= 4 is 16.9 Å². The van der Waals surface area contributed by atoms with Crippen molar-refractivity contribution in [3.8, 4) is 0 Å². The predicted molar refractivity (Wildman–Crippen MR) is 78.7 cm³/mol. The van der Waals surface area contributed by atoms with Crippen molar-refractivity contribution < 1.29 is 9.90 Å². The molecular weight excluding hydrogens is 252 g/mol. The van der Waals surface area contributed by atoms with Crippen molar-refractivity contribution in [1.29, 1.82) is 0 Å². The quantitative estimate of drug-likeness (QED) is 0.930. The number of carboxylic acid groups (broad SMARTS) is 1. The van der Waals surface area contributed by atoms with Crippen LogP contribution in [0.2, 0.25) is 0 Å². The number of aliphatic carboxylic acids is 1. The van der Waals surface area contributed by atoms with Gasteiger partial charge in [-0.1, -0.05) is 6.92 Å². The first-order chi connectivity index (χ1) is 9.58. The highest BCUT2D eigenvalue weighted by molar-refractivity contribution is 5.86. The Morgan fingerprint density at radius 3 is 2.65 bits per heavy atom. The highest BCUT2D eigenvalue weighted by Gasteiger charge is 2.20. The average Bonchev–Trinajstić information content (AvgIpc) is 2.95. The summed E-state index contributed by atoms with van der Waals surface area (Å²) >= 11 is 0. The summed E-state index contributed by atoms with van der Waals surface area (Å²) < 4.78 is 2.11. The van der Waals surface area contributed by atoms with Crippen molar-refractivity contribution in [2.75, 3.05) is 6.54 Å². The molecule has 1 aromatic carbocycles. The summed E-state index contributed by atoms with van der Waals surface area (Å²) in [7, 11) is 2.03. The minimum absolute atomic E-state index is 0.192. The molecule has 1 N–H and O–H groups in total. The summed E-state index contributed by atoms with van der Waals surface area (Å²) in [5, 5.41) is 10.1. The van der Waals surface area contributed by atoms with E-state index in [4.69, 9.17) is 5.11 Å². The summed E-state index contributed by atoms with van der Waals surface area (Å²) in [6, 6.07) is 4.53. The number of benzene rings is 1. The topological polar surface area (TPSA) is 45.5 Å². The van der Waals surface area contributed by atoms with Crippen molar-refractivity contribution in [3.05, 3.63) is 35.0 Å². The van der Waals surface area contributed by atoms with Crippen molar-refractivity contribution in [2.45, 2.75) is 32.9 Å². The number of aryl methyl sites for hydroxylation is 2. The molecule has 2 heterocycles. The Bertz CT molecular complexity index is 673. The average molecular weight is 272 g/mol. The molecule has 4 nitrogen and oxygen atoms in total. The molecule has 2 aromatic rings. The van der Waals surface area contributed by atoms with E-state index >= 15 is 0 Å². The van der Waals surface area contributed by atoms with Crippen LogP contribution in [0.5, 0.6) is 0 Å². The third-order valence-electron chi connectivity index (χ3n) is 4.24. The van der Waals surface area contributed by atoms with Crippen molar-refractivity contribution in [2.24, 2.45) is 7.05 Å². The molecule has 0 atom stereocenters. The van der Waals surface area contributed by atoms with E-state index in [-0.39, 0.29) is 6.42 Å². The third kappa shape index (κ3) is 2.20. The van der Waals surface area contributed by atoms with Gasteiger partial charge in [0.25, 0.3) is 0 Å². The lowest BCUT2D eigenvalue weighted by atomic mass is 10.0. The summed E-state index contributed by atoms with van der Waals surface area (Å²) in [5.41, 5.74) is 5.15. The molecule has 0 saturated heterocycles. The van der Waals surface area contributed by atoms with Crippen molar-refractivity contribution in [1.82, 2.24) is 9.47 Å². The zero-order chi connectivity index (χ0) is 14.3. The second-order valence-corrected chi connectivity index (χ2v) is 5.60. The summed E-state index contributed by atoms with van der Waals surface area (Å²) in [6.07, 6.45) is 2.86. The number of aromatic nitrogens is 1. The highest BCUT2D eigenvalue weighted by Crippen LogP contribution is 2.30. The molecule has 0 aliphatic carbocycles. The van der Waals surface area contributed by atoms with Gasteiger partial charge in [-0.15, -0.1) is 0 Å². The van der Waals surface area contributed by atoms with E-state index in [1.54, 1.807) is 0 Å². The molecule has 1 aliphatic heterocycles. The first kappa shape index (κ1) is 13.2. The van der Waals surface area contributed by atoms with Gasteiger partial charge in [-0.05, 0) is 41.8 Å². The maximum absolute atomic E-state index is 10.8. The molecule has 0 fully saturated rings. The van der Waals surface area contributed by atoms with Gasteiger partial charge in [-0.3, -0.25) is 9.69 Å². The first-order valence-electron chi connectivity index (χ1n) is 7.12. The number of carboxylic acids is 1. The van der Waals surface area contributed by atoms with Gasteiger partial charge < -0.3 is 9.67 Å². The summed E-state index contributed by atoms with van der Waals surface area (Å²) in [5.74, 6) is -0.736. The SMILES string of the molecule is CCN1Cc2cc3c(CCC(=O)O)cn(C)c3cc2C1. The number of carbonyl (C=O) groups is 1. The van der Waals surface area contributed by atoms with Gasteiger partial charge in [0, 0.05) is 43.7 Å². The van der Waals surface area contributed by atoms with Crippen LogP contribution in [0.25, 0.3) is 10.9 Å². The Morgan fingerprint density at radius 1 is 1.30 bits per heavy atom. The van der Waals surface area contributed by atoms with Gasteiger partial charge in [0.05, 0.1) is 0 Å². The van der Waals surface area contributed by atoms with E-state index in [0.717, 1.165) is 25.2 Å². The van der Waals surface area contributed by atoms with Gasteiger partial charge in [-0.25, -0.2) is 0 Å². The second kappa shape index (κ2) is 4.94. The molecule has 20 heavy (non-hydrogen) atoms. The van der Waals surface area contributed by atoms with Crippen LogP contribution in [-0.4, -0.2) is 27.1 Å². The zero-order valence-electron chi connectivity index (χ0n) is 12.0. The molecule has 0 amide bonds.